The van der Waals surface area contributed by atoms with E-state index < -0.39 is 0 Å². The minimum atomic E-state index is 1.13. The van der Waals surface area contributed by atoms with E-state index in [2.05, 4.69) is 204 Å². The van der Waals surface area contributed by atoms with Gasteiger partial charge < -0.3 is 9.47 Å². The van der Waals surface area contributed by atoms with E-state index in [-0.39, 0.29) is 0 Å². The fourth-order valence-corrected chi connectivity index (χ4v) is 7.31. The summed E-state index contributed by atoms with van der Waals surface area (Å²) in [5.41, 5.74) is 11.7. The third-order valence-corrected chi connectivity index (χ3v) is 9.39. The second kappa shape index (κ2) is 11.8. The van der Waals surface area contributed by atoms with Crippen molar-refractivity contribution in [1.82, 2.24) is 4.57 Å². The highest BCUT2D eigenvalue weighted by molar-refractivity contribution is 6.18. The molecule has 48 heavy (non-hydrogen) atoms. The summed E-state index contributed by atoms with van der Waals surface area (Å²) in [7, 11) is 0. The molecule has 9 aromatic rings. The molecule has 0 N–H and O–H groups in total. The maximum atomic E-state index is 2.49. The first kappa shape index (κ1) is 27.9. The van der Waals surface area contributed by atoms with E-state index in [1.807, 2.05) is 0 Å². The maximum Gasteiger partial charge on any atom is 0.0562 e. The quantitative estimate of drug-likeness (QED) is 0.181. The lowest BCUT2D eigenvalue weighted by Crippen LogP contribution is -2.12. The highest BCUT2D eigenvalue weighted by Gasteiger charge is 2.24. The average Bonchev–Trinajstić information content (AvgIpc) is 3.51. The summed E-state index contributed by atoms with van der Waals surface area (Å²) < 4.78 is 2.39. The Kier molecular flexibility index (Phi) is 6.84. The third kappa shape index (κ3) is 4.58. The van der Waals surface area contributed by atoms with E-state index in [0.717, 1.165) is 22.7 Å². The van der Waals surface area contributed by atoms with E-state index >= 15 is 0 Å². The summed E-state index contributed by atoms with van der Waals surface area (Å²) >= 11 is 0. The largest absolute Gasteiger partial charge is 0.309 e. The number of para-hydroxylation sites is 3. The number of hydrogen-bond acceptors (Lipinski definition) is 1. The Morgan fingerprint density at radius 1 is 0.312 bits per heavy atom. The molecule has 0 radical (unpaired) electrons. The van der Waals surface area contributed by atoms with E-state index in [1.165, 1.54) is 54.8 Å². The average molecular weight is 613 g/mol. The lowest BCUT2D eigenvalue weighted by atomic mass is 9.95. The predicted octanol–water partition coefficient (Wildman–Crippen LogP) is 12.7. The Bertz CT molecular complexity index is 2550. The van der Waals surface area contributed by atoms with Crippen LogP contribution in [0, 0.1) is 0 Å². The molecule has 0 aliphatic heterocycles. The highest BCUT2D eigenvalue weighted by Crippen LogP contribution is 2.48. The first-order valence-electron chi connectivity index (χ1n) is 16.5. The fraction of sp³-hybridized carbons (Fsp3) is 0. The summed E-state index contributed by atoms with van der Waals surface area (Å²) in [6.45, 7) is 0. The second-order valence-corrected chi connectivity index (χ2v) is 12.1. The van der Waals surface area contributed by atoms with Crippen molar-refractivity contribution in [3.05, 3.63) is 194 Å². The molecule has 0 unspecified atom stereocenters. The molecule has 2 nitrogen and oxygen atoms in total. The third-order valence-electron chi connectivity index (χ3n) is 9.39. The first-order valence-corrected chi connectivity index (χ1v) is 16.5. The minimum absolute atomic E-state index is 1.13. The Morgan fingerprint density at radius 3 is 1.60 bits per heavy atom. The number of fused-ring (bicyclic) bond motifs is 4. The Morgan fingerprint density at radius 2 is 0.854 bits per heavy atom. The molecule has 0 aliphatic rings. The van der Waals surface area contributed by atoms with E-state index in [4.69, 9.17) is 0 Å². The van der Waals surface area contributed by atoms with Gasteiger partial charge in [0, 0.05) is 27.4 Å². The van der Waals surface area contributed by atoms with E-state index in [0.29, 0.717) is 0 Å². The van der Waals surface area contributed by atoms with Crippen LogP contribution in [0.2, 0.25) is 0 Å². The van der Waals surface area contributed by atoms with Crippen LogP contribution in [0.3, 0.4) is 0 Å². The second-order valence-electron chi connectivity index (χ2n) is 12.1. The summed E-state index contributed by atoms with van der Waals surface area (Å²) in [6.07, 6.45) is 0. The zero-order valence-corrected chi connectivity index (χ0v) is 26.4. The van der Waals surface area contributed by atoms with Gasteiger partial charge in [0.05, 0.1) is 28.1 Å². The zero-order chi connectivity index (χ0) is 31.9. The lowest BCUT2D eigenvalue weighted by molar-refractivity contribution is 1.18. The van der Waals surface area contributed by atoms with Crippen molar-refractivity contribution < 1.29 is 0 Å². The van der Waals surface area contributed by atoms with Crippen molar-refractivity contribution >= 4 is 49.6 Å². The highest BCUT2D eigenvalue weighted by atomic mass is 15.2. The summed E-state index contributed by atoms with van der Waals surface area (Å²) in [5.74, 6) is 0. The number of rotatable bonds is 6. The van der Waals surface area contributed by atoms with E-state index in [9.17, 15) is 0 Å². The van der Waals surface area contributed by atoms with Crippen LogP contribution >= 0.6 is 0 Å². The smallest absolute Gasteiger partial charge is 0.0562 e. The van der Waals surface area contributed by atoms with Crippen LogP contribution in [-0.4, -0.2) is 4.57 Å². The van der Waals surface area contributed by atoms with Crippen molar-refractivity contribution in [2.75, 3.05) is 4.90 Å². The molecule has 0 saturated carbocycles. The molecule has 0 atom stereocenters. The van der Waals surface area contributed by atoms with Gasteiger partial charge in [0.25, 0.3) is 0 Å². The van der Waals surface area contributed by atoms with Crippen molar-refractivity contribution in [2.24, 2.45) is 0 Å². The van der Waals surface area contributed by atoms with Gasteiger partial charge >= 0.3 is 0 Å². The summed E-state index contributed by atoms with van der Waals surface area (Å²) in [6, 6.07) is 69.9. The Balaban J connectivity index is 1.40. The first-order chi connectivity index (χ1) is 23.9. The van der Waals surface area contributed by atoms with Crippen molar-refractivity contribution in [3.8, 4) is 27.9 Å². The van der Waals surface area contributed by atoms with Gasteiger partial charge in [0.1, 0.15) is 0 Å². The van der Waals surface area contributed by atoms with Gasteiger partial charge in [0.15, 0.2) is 0 Å². The number of nitrogens with zero attached hydrogens (tertiary/aromatic N) is 2. The van der Waals surface area contributed by atoms with Gasteiger partial charge in [-0.15, -0.1) is 0 Å². The molecule has 0 spiro atoms. The maximum absolute atomic E-state index is 2.49. The van der Waals surface area contributed by atoms with Crippen LogP contribution in [-0.2, 0) is 0 Å². The topological polar surface area (TPSA) is 8.17 Å². The molecule has 0 saturated heterocycles. The summed E-state index contributed by atoms with van der Waals surface area (Å²) in [4.78, 5) is 2.49. The molecule has 226 valence electrons. The van der Waals surface area contributed by atoms with Gasteiger partial charge in [-0.1, -0.05) is 152 Å². The molecule has 1 aromatic heterocycles. The molecule has 1 heterocycles. The van der Waals surface area contributed by atoms with Crippen molar-refractivity contribution in [2.45, 2.75) is 0 Å². The SMILES string of the molecule is c1ccc(-c2ccccc2N(c2ccc(-c3ccccc3)c3ccccc23)c2cccc3c2c2ccccc2n3-c2ccccc2)cc1. The normalized spacial score (nSPS) is 11.3. The van der Waals surface area contributed by atoms with Crippen molar-refractivity contribution in [3.63, 3.8) is 0 Å². The van der Waals surface area contributed by atoms with Crippen LogP contribution in [0.4, 0.5) is 17.1 Å². The molecule has 8 aromatic carbocycles. The van der Waals surface area contributed by atoms with Crippen molar-refractivity contribution in [1.29, 1.82) is 0 Å². The van der Waals surface area contributed by atoms with Gasteiger partial charge in [-0.2, -0.15) is 0 Å². The summed E-state index contributed by atoms with van der Waals surface area (Å²) in [5, 5.41) is 4.86. The van der Waals surface area contributed by atoms with Crippen LogP contribution in [0.5, 0.6) is 0 Å². The van der Waals surface area contributed by atoms with Crippen LogP contribution in [0.25, 0.3) is 60.5 Å². The molecule has 0 amide bonds. The number of benzene rings is 8. The molecule has 0 bridgehead atoms. The zero-order valence-electron chi connectivity index (χ0n) is 26.4. The van der Waals surface area contributed by atoms with Gasteiger partial charge in [-0.3, -0.25) is 0 Å². The van der Waals surface area contributed by atoms with Gasteiger partial charge in [-0.05, 0) is 64.5 Å². The predicted molar refractivity (Wildman–Crippen MR) is 204 cm³/mol. The fourth-order valence-electron chi connectivity index (χ4n) is 7.31. The van der Waals surface area contributed by atoms with Gasteiger partial charge in [0.2, 0.25) is 0 Å². The Hall–Kier alpha value is -6.38. The molecule has 0 fully saturated rings. The van der Waals surface area contributed by atoms with Crippen LogP contribution in [0.1, 0.15) is 0 Å². The number of anilines is 3. The standard InChI is InChI=1S/C46H32N2/c1-4-17-33(18-5-1)36-31-32-43(39-25-11-10-24-38(36)39)48(41-27-14-12-23-37(41)34-19-6-2-7-20-34)45-30-16-29-44-46(45)40-26-13-15-28-42(40)47(44)35-21-8-3-9-22-35/h1-32H. The minimum Gasteiger partial charge on any atom is -0.309 e. The lowest BCUT2D eigenvalue weighted by Gasteiger charge is -2.30. The van der Waals surface area contributed by atoms with E-state index in [1.54, 1.807) is 0 Å². The van der Waals surface area contributed by atoms with Crippen LogP contribution < -0.4 is 4.90 Å². The molecule has 0 aliphatic carbocycles. The number of aromatic nitrogens is 1. The molecular weight excluding hydrogens is 581 g/mol. The molecule has 9 rings (SSSR count). The number of hydrogen-bond donors (Lipinski definition) is 0. The molecular formula is C46H32N2. The molecule has 2 heteroatoms. The van der Waals surface area contributed by atoms with Crippen LogP contribution in [0.15, 0.2) is 194 Å². The monoisotopic (exact) mass is 612 g/mol. The Labute approximate surface area is 280 Å². The van der Waals surface area contributed by atoms with Gasteiger partial charge in [-0.25, -0.2) is 0 Å².